The lowest BCUT2D eigenvalue weighted by Gasteiger charge is -2.28. The van der Waals surface area contributed by atoms with Gasteiger partial charge in [-0.25, -0.2) is 0 Å². The van der Waals surface area contributed by atoms with Gasteiger partial charge in [-0.3, -0.25) is 14.9 Å². The molecular weight excluding hydrogens is 260 g/mol. The van der Waals surface area contributed by atoms with Gasteiger partial charge >= 0.3 is 0 Å². The lowest BCUT2D eigenvalue weighted by Crippen LogP contribution is -2.49. The van der Waals surface area contributed by atoms with E-state index in [0.29, 0.717) is 11.1 Å². The molecule has 0 atom stereocenters. The van der Waals surface area contributed by atoms with Gasteiger partial charge < -0.3 is 10.4 Å². The zero-order chi connectivity index (χ0) is 14.8. The van der Waals surface area contributed by atoms with Crippen molar-refractivity contribution in [1.29, 1.82) is 0 Å². The topological polar surface area (TPSA) is 92.5 Å². The number of carbonyl (C=O) groups is 1. The fourth-order valence-corrected chi connectivity index (χ4v) is 2.70. The zero-order valence-electron chi connectivity index (χ0n) is 11.4. The van der Waals surface area contributed by atoms with Crippen LogP contribution in [0.15, 0.2) is 18.2 Å². The second kappa shape index (κ2) is 5.58. The van der Waals surface area contributed by atoms with Crippen LogP contribution in [0, 0.1) is 17.0 Å². The van der Waals surface area contributed by atoms with E-state index >= 15 is 0 Å². The van der Waals surface area contributed by atoms with Crippen LogP contribution in [0.2, 0.25) is 0 Å². The number of non-ortho nitro benzene ring substituents is 1. The van der Waals surface area contributed by atoms with Crippen LogP contribution in [0.1, 0.15) is 41.6 Å². The van der Waals surface area contributed by atoms with Crippen molar-refractivity contribution < 1.29 is 14.8 Å². The Bertz CT molecular complexity index is 536. The molecule has 0 saturated heterocycles. The van der Waals surface area contributed by atoms with Crippen LogP contribution in [0.3, 0.4) is 0 Å². The third-order valence-corrected chi connectivity index (χ3v) is 3.91. The Kier molecular flexibility index (Phi) is 4.04. The molecule has 1 amide bonds. The van der Waals surface area contributed by atoms with E-state index in [0.717, 1.165) is 25.7 Å². The summed E-state index contributed by atoms with van der Waals surface area (Å²) < 4.78 is 0. The molecule has 0 heterocycles. The van der Waals surface area contributed by atoms with Gasteiger partial charge in [0.05, 0.1) is 17.1 Å². The lowest BCUT2D eigenvalue weighted by molar-refractivity contribution is -0.384. The zero-order valence-corrected chi connectivity index (χ0v) is 11.4. The highest BCUT2D eigenvalue weighted by Gasteiger charge is 2.35. The maximum atomic E-state index is 12.3. The molecule has 1 saturated carbocycles. The quantitative estimate of drug-likeness (QED) is 0.650. The number of carbonyl (C=O) groups excluding carboxylic acids is 1. The summed E-state index contributed by atoms with van der Waals surface area (Å²) in [6.07, 6.45) is 3.50. The van der Waals surface area contributed by atoms with E-state index in [1.807, 2.05) is 0 Å². The minimum absolute atomic E-state index is 0.0308. The first kappa shape index (κ1) is 14.5. The summed E-state index contributed by atoms with van der Waals surface area (Å²) in [7, 11) is 0. The molecule has 6 heteroatoms. The third kappa shape index (κ3) is 2.80. The number of hydrogen-bond donors (Lipinski definition) is 2. The number of rotatable bonds is 4. The van der Waals surface area contributed by atoms with Gasteiger partial charge in [0.2, 0.25) is 0 Å². The first-order valence-electron chi connectivity index (χ1n) is 6.66. The van der Waals surface area contributed by atoms with Crippen molar-refractivity contribution in [2.45, 2.75) is 38.1 Å². The SMILES string of the molecule is Cc1cc([N+](=O)[O-])ccc1C(=O)NC1(CO)CCCC1. The Morgan fingerprint density at radius 3 is 2.60 bits per heavy atom. The van der Waals surface area contributed by atoms with Crippen LogP contribution in [-0.2, 0) is 0 Å². The Hall–Kier alpha value is -1.95. The lowest BCUT2D eigenvalue weighted by atomic mass is 9.97. The minimum atomic E-state index is -0.536. The highest BCUT2D eigenvalue weighted by Crippen LogP contribution is 2.29. The number of nitrogens with zero attached hydrogens (tertiary/aromatic N) is 1. The molecule has 0 radical (unpaired) electrons. The van der Waals surface area contributed by atoms with Gasteiger partial charge in [0.1, 0.15) is 0 Å². The van der Waals surface area contributed by atoms with Crippen molar-refractivity contribution in [2.24, 2.45) is 0 Å². The maximum absolute atomic E-state index is 12.3. The molecule has 20 heavy (non-hydrogen) atoms. The molecule has 1 aromatic rings. The number of benzene rings is 1. The van der Waals surface area contributed by atoms with E-state index in [2.05, 4.69) is 5.32 Å². The average Bonchev–Trinajstić information content (AvgIpc) is 2.87. The number of hydrogen-bond acceptors (Lipinski definition) is 4. The second-order valence-corrected chi connectivity index (χ2v) is 5.36. The van der Waals surface area contributed by atoms with Crippen molar-refractivity contribution in [2.75, 3.05) is 6.61 Å². The summed E-state index contributed by atoms with van der Waals surface area (Å²) in [5, 5.41) is 23.1. The highest BCUT2D eigenvalue weighted by atomic mass is 16.6. The van der Waals surface area contributed by atoms with E-state index < -0.39 is 10.5 Å². The van der Waals surface area contributed by atoms with Crippen molar-refractivity contribution >= 4 is 11.6 Å². The van der Waals surface area contributed by atoms with Crippen molar-refractivity contribution in [3.05, 3.63) is 39.4 Å². The molecule has 1 aliphatic carbocycles. The van der Waals surface area contributed by atoms with Crippen LogP contribution in [-0.4, -0.2) is 28.1 Å². The summed E-state index contributed by atoms with van der Waals surface area (Å²) in [6.45, 7) is 1.59. The van der Waals surface area contributed by atoms with Crippen LogP contribution in [0.4, 0.5) is 5.69 Å². The van der Waals surface area contributed by atoms with Gasteiger partial charge in [-0.1, -0.05) is 12.8 Å². The van der Waals surface area contributed by atoms with Gasteiger partial charge in [0.15, 0.2) is 0 Å². The molecule has 1 aliphatic rings. The smallest absolute Gasteiger partial charge is 0.269 e. The Morgan fingerprint density at radius 2 is 2.10 bits per heavy atom. The first-order valence-corrected chi connectivity index (χ1v) is 6.66. The van der Waals surface area contributed by atoms with E-state index in [4.69, 9.17) is 0 Å². The molecule has 0 aliphatic heterocycles. The van der Waals surface area contributed by atoms with Gasteiger partial charge in [-0.05, 0) is 31.4 Å². The molecule has 2 N–H and O–H groups in total. The van der Waals surface area contributed by atoms with E-state index in [9.17, 15) is 20.0 Å². The fourth-order valence-electron chi connectivity index (χ4n) is 2.70. The molecule has 1 aromatic carbocycles. The van der Waals surface area contributed by atoms with Crippen LogP contribution in [0.25, 0.3) is 0 Å². The van der Waals surface area contributed by atoms with Crippen molar-refractivity contribution in [3.8, 4) is 0 Å². The van der Waals surface area contributed by atoms with Gasteiger partial charge in [0, 0.05) is 17.7 Å². The molecule has 108 valence electrons. The average molecular weight is 278 g/mol. The number of nitro benzene ring substituents is 1. The summed E-state index contributed by atoms with van der Waals surface area (Å²) in [6, 6.07) is 4.17. The Morgan fingerprint density at radius 1 is 1.45 bits per heavy atom. The first-order chi connectivity index (χ1) is 9.47. The Balaban J connectivity index is 2.19. The summed E-state index contributed by atoms with van der Waals surface area (Å²) in [4.78, 5) is 22.5. The normalized spacial score (nSPS) is 16.9. The van der Waals surface area contributed by atoms with Crippen LogP contribution < -0.4 is 5.32 Å². The van der Waals surface area contributed by atoms with Crippen molar-refractivity contribution in [1.82, 2.24) is 5.32 Å². The van der Waals surface area contributed by atoms with Crippen molar-refractivity contribution in [3.63, 3.8) is 0 Å². The maximum Gasteiger partial charge on any atom is 0.269 e. The molecular formula is C14H18N2O4. The number of aryl methyl sites for hydroxylation is 1. The number of nitrogens with one attached hydrogen (secondary N) is 1. The summed E-state index contributed by atoms with van der Waals surface area (Å²) in [5.41, 5.74) is 0.403. The van der Waals surface area contributed by atoms with Gasteiger partial charge in [-0.2, -0.15) is 0 Å². The minimum Gasteiger partial charge on any atom is -0.394 e. The monoisotopic (exact) mass is 278 g/mol. The highest BCUT2D eigenvalue weighted by molar-refractivity contribution is 5.96. The predicted octanol–water partition coefficient (Wildman–Crippen LogP) is 1.94. The molecule has 2 rings (SSSR count). The predicted molar refractivity (Wildman–Crippen MR) is 73.6 cm³/mol. The van der Waals surface area contributed by atoms with E-state index in [1.165, 1.54) is 18.2 Å². The largest absolute Gasteiger partial charge is 0.394 e. The van der Waals surface area contributed by atoms with Gasteiger partial charge in [0.25, 0.3) is 11.6 Å². The van der Waals surface area contributed by atoms with Gasteiger partial charge in [-0.15, -0.1) is 0 Å². The van der Waals surface area contributed by atoms with E-state index in [1.54, 1.807) is 6.92 Å². The second-order valence-electron chi connectivity index (χ2n) is 5.36. The van der Waals surface area contributed by atoms with Crippen LogP contribution >= 0.6 is 0 Å². The Labute approximate surface area is 117 Å². The fraction of sp³-hybridized carbons (Fsp3) is 0.500. The number of amides is 1. The molecule has 0 unspecified atom stereocenters. The molecule has 6 nitrogen and oxygen atoms in total. The molecule has 0 aromatic heterocycles. The van der Waals surface area contributed by atoms with Crippen LogP contribution in [0.5, 0.6) is 0 Å². The standard InChI is InChI=1S/C14H18N2O4/c1-10-8-11(16(19)20)4-5-12(10)13(18)15-14(9-17)6-2-3-7-14/h4-5,8,17H,2-3,6-7,9H2,1H3,(H,15,18). The molecule has 0 bridgehead atoms. The summed E-state index contributed by atoms with van der Waals surface area (Å²) >= 11 is 0. The van der Waals surface area contributed by atoms with E-state index in [-0.39, 0.29) is 18.2 Å². The number of aliphatic hydroxyl groups excluding tert-OH is 1. The number of nitro groups is 1. The summed E-state index contributed by atoms with van der Waals surface area (Å²) in [5.74, 6) is -0.284. The molecule has 0 spiro atoms. The third-order valence-electron chi connectivity index (χ3n) is 3.91. The number of aliphatic hydroxyl groups is 1. The molecule has 1 fully saturated rings.